The Hall–Kier alpha value is -1.14. The molecule has 0 spiro atoms. The highest BCUT2D eigenvalue weighted by Crippen LogP contribution is 2.40. The van der Waals surface area contributed by atoms with Gasteiger partial charge in [-0.2, -0.15) is 4.98 Å². The molecule has 0 aliphatic heterocycles. The highest BCUT2D eigenvalue weighted by atomic mass is 79.9. The van der Waals surface area contributed by atoms with Crippen LogP contribution in [-0.4, -0.2) is 16.5 Å². The van der Waals surface area contributed by atoms with Crippen molar-refractivity contribution in [2.45, 2.75) is 25.7 Å². The first-order chi connectivity index (χ1) is 10.2. The third-order valence-corrected chi connectivity index (χ3v) is 4.24. The average Bonchev–Trinajstić information content (AvgIpc) is 3.27. The van der Waals surface area contributed by atoms with Gasteiger partial charge in [-0.15, -0.1) is 0 Å². The number of halogens is 2. The molecule has 0 bridgehead atoms. The van der Waals surface area contributed by atoms with Gasteiger partial charge in [-0.25, -0.2) is 4.98 Å². The molecule has 0 atom stereocenters. The average molecular weight is 413 g/mol. The minimum Gasteiger partial charge on any atom is -0.438 e. The fraction of sp³-hybridized carbons (Fsp3) is 0.333. The highest BCUT2D eigenvalue weighted by molar-refractivity contribution is 9.11. The molecule has 1 N–H and O–H groups in total. The van der Waals surface area contributed by atoms with Gasteiger partial charge in [-0.3, -0.25) is 0 Å². The Morgan fingerprint density at radius 1 is 1.24 bits per heavy atom. The standard InChI is InChI=1S/C15H15Br2N3O/c1-2-18-13-8-14(20-15(19-13)9-3-4-9)21-12-6-5-10(16)7-11(12)17/h5-9H,2-4H2,1H3,(H,18,19,20). The summed E-state index contributed by atoms with van der Waals surface area (Å²) >= 11 is 6.93. The molecule has 1 aromatic carbocycles. The lowest BCUT2D eigenvalue weighted by molar-refractivity contribution is 0.456. The summed E-state index contributed by atoms with van der Waals surface area (Å²) in [4.78, 5) is 9.07. The molecule has 1 fully saturated rings. The number of rotatable bonds is 5. The van der Waals surface area contributed by atoms with Gasteiger partial charge in [0.15, 0.2) is 0 Å². The van der Waals surface area contributed by atoms with E-state index >= 15 is 0 Å². The van der Waals surface area contributed by atoms with Crippen LogP contribution in [0.15, 0.2) is 33.2 Å². The number of anilines is 1. The molecule has 1 aliphatic rings. The largest absolute Gasteiger partial charge is 0.438 e. The quantitative estimate of drug-likeness (QED) is 0.741. The summed E-state index contributed by atoms with van der Waals surface area (Å²) in [6.45, 7) is 2.87. The molecule has 0 saturated heterocycles. The van der Waals surface area contributed by atoms with Crippen LogP contribution in [-0.2, 0) is 0 Å². The maximum atomic E-state index is 5.91. The van der Waals surface area contributed by atoms with Crippen molar-refractivity contribution in [3.8, 4) is 11.6 Å². The van der Waals surface area contributed by atoms with Crippen molar-refractivity contribution in [3.05, 3.63) is 39.0 Å². The monoisotopic (exact) mass is 411 g/mol. The third-order valence-electron chi connectivity index (χ3n) is 3.13. The second-order valence-electron chi connectivity index (χ2n) is 4.93. The van der Waals surface area contributed by atoms with Gasteiger partial charge >= 0.3 is 0 Å². The Morgan fingerprint density at radius 2 is 2.05 bits per heavy atom. The fourth-order valence-electron chi connectivity index (χ4n) is 1.96. The van der Waals surface area contributed by atoms with Gasteiger partial charge in [0.25, 0.3) is 0 Å². The van der Waals surface area contributed by atoms with Gasteiger partial charge in [-0.1, -0.05) is 15.9 Å². The lowest BCUT2D eigenvalue weighted by Crippen LogP contribution is -2.04. The lowest BCUT2D eigenvalue weighted by Gasteiger charge is -2.11. The molecule has 1 saturated carbocycles. The van der Waals surface area contributed by atoms with Gasteiger partial charge in [0.1, 0.15) is 17.4 Å². The van der Waals surface area contributed by atoms with Gasteiger partial charge in [0.2, 0.25) is 5.88 Å². The molecular formula is C15H15Br2N3O. The van der Waals surface area contributed by atoms with E-state index in [1.807, 2.05) is 31.2 Å². The molecule has 0 radical (unpaired) electrons. The Kier molecular flexibility index (Phi) is 4.45. The predicted molar refractivity (Wildman–Crippen MR) is 90.1 cm³/mol. The van der Waals surface area contributed by atoms with Crippen molar-refractivity contribution in [1.82, 2.24) is 9.97 Å². The molecule has 1 heterocycles. The third kappa shape index (κ3) is 3.74. The van der Waals surface area contributed by atoms with Crippen molar-refractivity contribution in [2.75, 3.05) is 11.9 Å². The molecule has 21 heavy (non-hydrogen) atoms. The van der Waals surface area contributed by atoms with Crippen LogP contribution in [0.2, 0.25) is 0 Å². The van der Waals surface area contributed by atoms with E-state index < -0.39 is 0 Å². The summed E-state index contributed by atoms with van der Waals surface area (Å²) in [5.74, 6) is 3.49. The van der Waals surface area contributed by atoms with Crippen LogP contribution in [0.3, 0.4) is 0 Å². The maximum absolute atomic E-state index is 5.91. The summed E-state index contributed by atoms with van der Waals surface area (Å²) in [5, 5.41) is 3.23. The topological polar surface area (TPSA) is 47.0 Å². The van der Waals surface area contributed by atoms with Crippen molar-refractivity contribution in [2.24, 2.45) is 0 Å². The number of aromatic nitrogens is 2. The van der Waals surface area contributed by atoms with Crippen molar-refractivity contribution < 1.29 is 4.74 Å². The van der Waals surface area contributed by atoms with Crippen LogP contribution in [0, 0.1) is 0 Å². The number of benzene rings is 1. The zero-order valence-electron chi connectivity index (χ0n) is 11.6. The van der Waals surface area contributed by atoms with Gasteiger partial charge in [-0.05, 0) is 53.9 Å². The van der Waals surface area contributed by atoms with E-state index in [2.05, 4.69) is 47.1 Å². The molecule has 0 amide bonds. The summed E-state index contributed by atoms with van der Waals surface area (Å²) in [6.07, 6.45) is 2.33. The lowest BCUT2D eigenvalue weighted by atomic mass is 10.3. The molecule has 0 unspecified atom stereocenters. The smallest absolute Gasteiger partial charge is 0.224 e. The minimum atomic E-state index is 0.485. The maximum Gasteiger partial charge on any atom is 0.224 e. The van der Waals surface area contributed by atoms with Crippen LogP contribution < -0.4 is 10.1 Å². The Morgan fingerprint density at radius 3 is 2.71 bits per heavy atom. The molecule has 3 rings (SSSR count). The first kappa shape index (κ1) is 14.8. The van der Waals surface area contributed by atoms with Crippen LogP contribution in [0.5, 0.6) is 11.6 Å². The summed E-state index contributed by atoms with van der Waals surface area (Å²) in [7, 11) is 0. The Labute approximate surface area is 140 Å². The van der Waals surface area contributed by atoms with Gasteiger partial charge < -0.3 is 10.1 Å². The Bertz CT molecular complexity index is 659. The Balaban J connectivity index is 1.89. The van der Waals surface area contributed by atoms with Gasteiger partial charge in [0.05, 0.1) is 4.47 Å². The van der Waals surface area contributed by atoms with E-state index in [-0.39, 0.29) is 0 Å². The van der Waals surface area contributed by atoms with Gasteiger partial charge in [0, 0.05) is 23.0 Å². The van der Waals surface area contributed by atoms with E-state index in [9.17, 15) is 0 Å². The van der Waals surface area contributed by atoms with E-state index in [4.69, 9.17) is 4.74 Å². The fourth-order valence-corrected chi connectivity index (χ4v) is 3.09. The number of hydrogen-bond donors (Lipinski definition) is 1. The minimum absolute atomic E-state index is 0.485. The molecule has 1 aromatic heterocycles. The molecular weight excluding hydrogens is 398 g/mol. The number of hydrogen-bond acceptors (Lipinski definition) is 4. The first-order valence-electron chi connectivity index (χ1n) is 6.91. The number of nitrogens with one attached hydrogen (secondary N) is 1. The molecule has 110 valence electrons. The first-order valence-corrected chi connectivity index (χ1v) is 8.50. The van der Waals surface area contributed by atoms with E-state index in [0.29, 0.717) is 11.8 Å². The second kappa shape index (κ2) is 6.32. The molecule has 1 aliphatic carbocycles. The molecule has 6 heteroatoms. The van der Waals surface area contributed by atoms with Crippen LogP contribution >= 0.6 is 31.9 Å². The molecule has 2 aromatic rings. The summed E-state index contributed by atoms with van der Waals surface area (Å²) in [6, 6.07) is 7.63. The van der Waals surface area contributed by atoms with Crippen molar-refractivity contribution >= 4 is 37.7 Å². The van der Waals surface area contributed by atoms with E-state index in [1.165, 1.54) is 0 Å². The number of ether oxygens (including phenoxy) is 1. The predicted octanol–water partition coefficient (Wildman–Crippen LogP) is 5.10. The SMILES string of the molecule is CCNc1cc(Oc2ccc(Br)cc2Br)nc(C2CC2)n1. The van der Waals surface area contributed by atoms with Crippen LogP contribution in [0.4, 0.5) is 5.82 Å². The van der Waals surface area contributed by atoms with Crippen molar-refractivity contribution in [1.29, 1.82) is 0 Å². The van der Waals surface area contributed by atoms with Crippen LogP contribution in [0.25, 0.3) is 0 Å². The molecule has 4 nitrogen and oxygen atoms in total. The zero-order chi connectivity index (χ0) is 14.8. The second-order valence-corrected chi connectivity index (χ2v) is 6.70. The van der Waals surface area contributed by atoms with E-state index in [0.717, 1.165) is 45.7 Å². The van der Waals surface area contributed by atoms with Crippen molar-refractivity contribution in [3.63, 3.8) is 0 Å². The summed E-state index contributed by atoms with van der Waals surface area (Å²) in [5.41, 5.74) is 0. The number of nitrogens with zero attached hydrogens (tertiary/aromatic N) is 2. The normalized spacial score (nSPS) is 14.0. The van der Waals surface area contributed by atoms with Crippen LogP contribution in [0.1, 0.15) is 31.5 Å². The van der Waals surface area contributed by atoms with E-state index in [1.54, 1.807) is 0 Å². The summed E-state index contributed by atoms with van der Waals surface area (Å²) < 4.78 is 7.79. The zero-order valence-corrected chi connectivity index (χ0v) is 14.7. The highest BCUT2D eigenvalue weighted by Gasteiger charge is 2.27.